The molecule has 0 bridgehead atoms. The highest BCUT2D eigenvalue weighted by molar-refractivity contribution is 5.68. The molecule has 3 aromatic carbocycles. The molecule has 0 aliphatic carbocycles. The zero-order valence-corrected chi connectivity index (χ0v) is 17.2. The molecule has 1 amide bonds. The minimum absolute atomic E-state index is 0.00432. The fourth-order valence-corrected chi connectivity index (χ4v) is 3.56. The molecule has 0 fully saturated rings. The molecule has 5 nitrogen and oxygen atoms in total. The second-order valence-electron chi connectivity index (χ2n) is 7.15. The van der Waals surface area contributed by atoms with Gasteiger partial charge in [0.2, 0.25) is 0 Å². The largest absolute Gasteiger partial charge is 0.573 e. The van der Waals surface area contributed by atoms with Gasteiger partial charge in [0.15, 0.2) is 0 Å². The minimum atomic E-state index is -5.01. The summed E-state index contributed by atoms with van der Waals surface area (Å²) in [5, 5.41) is 11.9. The van der Waals surface area contributed by atoms with Gasteiger partial charge in [0.05, 0.1) is 5.54 Å². The highest BCUT2D eigenvalue weighted by Crippen LogP contribution is 2.38. The Morgan fingerprint density at radius 1 is 0.735 bits per heavy atom. The van der Waals surface area contributed by atoms with Crippen LogP contribution in [0.5, 0.6) is 11.5 Å². The van der Waals surface area contributed by atoms with E-state index in [2.05, 4.69) is 14.8 Å². The molecule has 0 saturated heterocycles. The van der Waals surface area contributed by atoms with E-state index in [1.165, 1.54) is 24.3 Å². The molecule has 0 saturated carbocycles. The summed E-state index contributed by atoms with van der Waals surface area (Å²) in [7, 11) is 0. The van der Waals surface area contributed by atoms with Crippen molar-refractivity contribution in [2.75, 3.05) is 0 Å². The highest BCUT2D eigenvalue weighted by Gasteiger charge is 2.39. The molecule has 0 aliphatic rings. The van der Waals surface area contributed by atoms with Crippen molar-refractivity contribution in [1.29, 1.82) is 0 Å². The molecule has 0 radical (unpaired) electrons. The van der Waals surface area contributed by atoms with E-state index in [4.69, 9.17) is 0 Å². The molecule has 0 heterocycles. The van der Waals surface area contributed by atoms with Crippen molar-refractivity contribution in [2.24, 2.45) is 0 Å². The lowest BCUT2D eigenvalue weighted by atomic mass is 9.78. The molecule has 34 heavy (non-hydrogen) atoms. The molecule has 0 atom stereocenters. The topological polar surface area (TPSA) is 67.8 Å². The lowest BCUT2D eigenvalue weighted by molar-refractivity contribution is -0.275. The predicted octanol–water partition coefficient (Wildman–Crippen LogP) is 6.24. The van der Waals surface area contributed by atoms with Gasteiger partial charge >= 0.3 is 18.8 Å². The molecule has 0 aliphatic heterocycles. The van der Waals surface area contributed by atoms with E-state index in [-0.39, 0.29) is 17.5 Å². The average molecular weight is 485 g/mol. The molecule has 2 N–H and O–H groups in total. The number of halogens is 6. The van der Waals surface area contributed by atoms with Crippen molar-refractivity contribution in [3.8, 4) is 11.5 Å². The van der Waals surface area contributed by atoms with Gasteiger partial charge < -0.3 is 19.9 Å². The Bertz CT molecular complexity index is 1070. The third-order valence-corrected chi connectivity index (χ3v) is 4.75. The summed E-state index contributed by atoms with van der Waals surface area (Å²) in [6.45, 7) is 0. The van der Waals surface area contributed by atoms with Crippen LogP contribution in [0.3, 0.4) is 0 Å². The SMILES string of the molecule is O=C(O)NC(Cc1ccccc1)(c1cccc(OC(F)(F)F)c1)c1cccc(OC(F)(F)F)c1. The van der Waals surface area contributed by atoms with Crippen LogP contribution in [0.2, 0.25) is 0 Å². The van der Waals surface area contributed by atoms with Crippen LogP contribution in [0.4, 0.5) is 31.1 Å². The summed E-state index contributed by atoms with van der Waals surface area (Å²) in [4.78, 5) is 11.8. The van der Waals surface area contributed by atoms with E-state index < -0.39 is 35.9 Å². The lowest BCUT2D eigenvalue weighted by Gasteiger charge is -2.36. The number of hydrogen-bond acceptors (Lipinski definition) is 3. The first-order valence-electron chi connectivity index (χ1n) is 9.64. The quantitative estimate of drug-likeness (QED) is 0.389. The summed E-state index contributed by atoms with van der Waals surface area (Å²) in [5.74, 6) is -1.25. The summed E-state index contributed by atoms with van der Waals surface area (Å²) >= 11 is 0. The van der Waals surface area contributed by atoms with Crippen LogP contribution in [0.25, 0.3) is 0 Å². The Morgan fingerprint density at radius 2 is 1.21 bits per heavy atom. The minimum Gasteiger partial charge on any atom is -0.465 e. The molecule has 0 spiro atoms. The fraction of sp³-hybridized carbons (Fsp3) is 0.174. The van der Waals surface area contributed by atoms with E-state index in [0.29, 0.717) is 5.56 Å². The third-order valence-electron chi connectivity index (χ3n) is 4.75. The number of ether oxygens (including phenoxy) is 2. The molecule has 0 aromatic heterocycles. The second kappa shape index (κ2) is 9.54. The smallest absolute Gasteiger partial charge is 0.465 e. The Morgan fingerprint density at radius 3 is 1.62 bits per heavy atom. The van der Waals surface area contributed by atoms with E-state index >= 15 is 0 Å². The summed E-state index contributed by atoms with van der Waals surface area (Å²) in [6, 6.07) is 17.4. The van der Waals surface area contributed by atoms with E-state index in [9.17, 15) is 36.2 Å². The zero-order valence-electron chi connectivity index (χ0n) is 17.2. The van der Waals surface area contributed by atoms with Crippen LogP contribution in [0.1, 0.15) is 16.7 Å². The molecule has 11 heteroatoms. The van der Waals surface area contributed by atoms with E-state index in [1.807, 2.05) is 0 Å². The van der Waals surface area contributed by atoms with Crippen molar-refractivity contribution in [3.05, 3.63) is 95.6 Å². The van der Waals surface area contributed by atoms with Gasteiger partial charge in [-0.1, -0.05) is 54.6 Å². The van der Waals surface area contributed by atoms with Crippen LogP contribution >= 0.6 is 0 Å². The molecule has 3 aromatic rings. The van der Waals surface area contributed by atoms with Crippen LogP contribution < -0.4 is 14.8 Å². The maximum atomic E-state index is 12.8. The maximum absolute atomic E-state index is 12.8. The van der Waals surface area contributed by atoms with Gasteiger partial charge in [0, 0.05) is 6.42 Å². The average Bonchev–Trinajstić information content (AvgIpc) is 2.71. The summed E-state index contributed by atoms with van der Waals surface area (Å²) < 4.78 is 84.8. The van der Waals surface area contributed by atoms with Crippen LogP contribution in [0, 0.1) is 0 Å². The monoisotopic (exact) mass is 485 g/mol. The third kappa shape index (κ3) is 6.56. The Balaban J connectivity index is 2.23. The Labute approximate surface area is 189 Å². The first kappa shape index (κ1) is 24.7. The molecular weight excluding hydrogens is 468 g/mol. The number of hydrogen-bond donors (Lipinski definition) is 2. The number of nitrogens with one attached hydrogen (secondary N) is 1. The number of rotatable bonds is 7. The number of alkyl halides is 6. The van der Waals surface area contributed by atoms with Crippen molar-refractivity contribution < 1.29 is 45.7 Å². The first-order valence-corrected chi connectivity index (χ1v) is 9.64. The van der Waals surface area contributed by atoms with Gasteiger partial charge in [0.25, 0.3) is 0 Å². The highest BCUT2D eigenvalue weighted by atomic mass is 19.4. The molecule has 180 valence electrons. The number of amides is 1. The summed E-state index contributed by atoms with van der Waals surface area (Å²) in [6.07, 6.45) is -11.7. The predicted molar refractivity (Wildman–Crippen MR) is 108 cm³/mol. The van der Waals surface area contributed by atoms with Crippen LogP contribution in [-0.2, 0) is 12.0 Å². The fourth-order valence-electron chi connectivity index (χ4n) is 3.56. The van der Waals surface area contributed by atoms with Gasteiger partial charge in [-0.15, -0.1) is 26.3 Å². The molecule has 3 rings (SSSR count). The Hall–Kier alpha value is -3.89. The lowest BCUT2D eigenvalue weighted by Crippen LogP contribution is -2.48. The number of benzene rings is 3. The van der Waals surface area contributed by atoms with Crippen molar-refractivity contribution in [1.82, 2.24) is 5.32 Å². The summed E-state index contributed by atoms with van der Waals surface area (Å²) in [5.41, 5.74) is -1.24. The van der Waals surface area contributed by atoms with Gasteiger partial charge in [-0.3, -0.25) is 0 Å². The molecule has 0 unspecified atom stereocenters. The second-order valence-corrected chi connectivity index (χ2v) is 7.15. The molecular formula is C23H17F6NO4. The van der Waals surface area contributed by atoms with Crippen molar-refractivity contribution in [3.63, 3.8) is 0 Å². The Kier molecular flexibility index (Phi) is 6.94. The van der Waals surface area contributed by atoms with Gasteiger partial charge in [-0.25, -0.2) is 4.79 Å². The standard InChI is InChI=1S/C23H17F6NO4/c24-22(25,26)33-18-10-4-8-16(12-18)21(30-20(31)32,14-15-6-2-1-3-7-15)17-9-5-11-19(13-17)34-23(27,28)29/h1-13,30H,14H2,(H,31,32). The van der Waals surface area contributed by atoms with Crippen LogP contribution in [-0.4, -0.2) is 23.9 Å². The number of carbonyl (C=O) groups is 1. The number of carboxylic acid groups (broad SMARTS) is 1. The van der Waals surface area contributed by atoms with Gasteiger partial charge in [0.1, 0.15) is 11.5 Å². The zero-order chi connectivity index (χ0) is 25.0. The van der Waals surface area contributed by atoms with Crippen molar-refractivity contribution >= 4 is 6.09 Å². The normalized spacial score (nSPS) is 12.2. The maximum Gasteiger partial charge on any atom is 0.573 e. The van der Waals surface area contributed by atoms with Gasteiger partial charge in [-0.05, 0) is 41.0 Å². The van der Waals surface area contributed by atoms with Crippen molar-refractivity contribution in [2.45, 2.75) is 24.7 Å². The van der Waals surface area contributed by atoms with E-state index in [1.54, 1.807) is 30.3 Å². The first-order chi connectivity index (χ1) is 15.9. The van der Waals surface area contributed by atoms with Gasteiger partial charge in [-0.2, -0.15) is 0 Å². The van der Waals surface area contributed by atoms with Crippen LogP contribution in [0.15, 0.2) is 78.9 Å². The van der Waals surface area contributed by atoms with E-state index in [0.717, 1.165) is 24.3 Å².